The highest BCUT2D eigenvalue weighted by Crippen LogP contribution is 2.39. The highest BCUT2D eigenvalue weighted by atomic mass is 14.7. The van der Waals surface area contributed by atoms with E-state index >= 15 is 0 Å². The third-order valence-corrected chi connectivity index (χ3v) is 5.14. The lowest BCUT2D eigenvalue weighted by Gasteiger charge is -2.33. The summed E-state index contributed by atoms with van der Waals surface area (Å²) in [4.78, 5) is 0. The van der Waals surface area contributed by atoms with E-state index in [2.05, 4.69) is 68.4 Å². The number of hydrogen-bond donors (Lipinski definition) is 1. The number of rotatable bonds is 4. The fourth-order valence-corrected chi connectivity index (χ4v) is 3.21. The Balaban J connectivity index is 1.88. The molecule has 3 rings (SSSR count). The Morgan fingerprint density at radius 2 is 1.71 bits per heavy atom. The molecule has 0 heterocycles. The number of benzene rings is 2. The van der Waals surface area contributed by atoms with Crippen LogP contribution in [0.1, 0.15) is 61.8 Å². The van der Waals surface area contributed by atoms with Gasteiger partial charge in [-0.2, -0.15) is 0 Å². The summed E-state index contributed by atoms with van der Waals surface area (Å²) >= 11 is 0. The van der Waals surface area contributed by atoms with E-state index in [1.54, 1.807) is 0 Å². The summed E-state index contributed by atoms with van der Waals surface area (Å²) in [7, 11) is 0. The molecule has 0 aromatic heterocycles. The van der Waals surface area contributed by atoms with Crippen molar-refractivity contribution in [1.82, 2.24) is 0 Å². The van der Waals surface area contributed by atoms with Crippen LogP contribution in [0, 0.1) is 0 Å². The van der Waals surface area contributed by atoms with Crippen LogP contribution >= 0.6 is 0 Å². The maximum absolute atomic E-state index is 6.63. The second-order valence-corrected chi connectivity index (χ2v) is 6.86. The lowest BCUT2D eigenvalue weighted by molar-refractivity contribution is 0.410. The van der Waals surface area contributed by atoms with Gasteiger partial charge < -0.3 is 5.73 Å². The molecule has 0 bridgehead atoms. The van der Waals surface area contributed by atoms with Crippen LogP contribution < -0.4 is 5.73 Å². The predicted molar refractivity (Wildman–Crippen MR) is 89.4 cm³/mol. The maximum atomic E-state index is 6.63. The molecule has 2 aromatic carbocycles. The first kappa shape index (κ1) is 14.3. The van der Waals surface area contributed by atoms with Crippen molar-refractivity contribution in [2.24, 2.45) is 5.73 Å². The summed E-state index contributed by atoms with van der Waals surface area (Å²) < 4.78 is 0. The van der Waals surface area contributed by atoms with Crippen molar-refractivity contribution in [2.45, 2.75) is 50.5 Å². The Morgan fingerprint density at radius 1 is 1.00 bits per heavy atom. The van der Waals surface area contributed by atoms with E-state index in [0.29, 0.717) is 0 Å². The van der Waals surface area contributed by atoms with E-state index in [1.807, 2.05) is 0 Å². The van der Waals surface area contributed by atoms with Crippen molar-refractivity contribution in [3.05, 3.63) is 71.3 Å². The highest BCUT2D eigenvalue weighted by molar-refractivity contribution is 5.35. The normalized spacial score (nSPS) is 17.3. The largest absolute Gasteiger partial charge is 0.323 e. The summed E-state index contributed by atoms with van der Waals surface area (Å²) in [5.74, 6) is 0.761. The van der Waals surface area contributed by atoms with Crippen LogP contribution in [-0.2, 0) is 5.41 Å². The van der Waals surface area contributed by atoms with E-state index < -0.39 is 0 Å². The predicted octanol–water partition coefficient (Wildman–Crippen LogP) is 4.93. The van der Waals surface area contributed by atoms with Gasteiger partial charge in [0.2, 0.25) is 0 Å². The van der Waals surface area contributed by atoms with Crippen molar-refractivity contribution in [2.75, 3.05) is 0 Å². The summed E-state index contributed by atoms with van der Waals surface area (Å²) in [6.45, 7) is 4.48. The zero-order valence-electron chi connectivity index (χ0n) is 13.0. The molecule has 1 atom stereocenters. The Hall–Kier alpha value is -1.60. The van der Waals surface area contributed by atoms with Gasteiger partial charge in [-0.3, -0.25) is 0 Å². The van der Waals surface area contributed by atoms with Crippen molar-refractivity contribution in [3.63, 3.8) is 0 Å². The van der Waals surface area contributed by atoms with Crippen LogP contribution in [0.15, 0.2) is 54.6 Å². The number of hydrogen-bond acceptors (Lipinski definition) is 1. The third kappa shape index (κ3) is 2.75. The molecule has 1 aliphatic rings. The molecule has 2 aromatic rings. The van der Waals surface area contributed by atoms with Crippen LogP contribution in [0.4, 0.5) is 0 Å². The first-order chi connectivity index (χ1) is 10.1. The Bertz CT molecular complexity index is 596. The van der Waals surface area contributed by atoms with Crippen molar-refractivity contribution < 1.29 is 0 Å². The molecule has 1 nitrogen and oxygen atoms in total. The van der Waals surface area contributed by atoms with Gasteiger partial charge >= 0.3 is 0 Å². The van der Waals surface area contributed by atoms with Crippen LogP contribution in [0.3, 0.4) is 0 Å². The first-order valence-corrected chi connectivity index (χ1v) is 8.00. The summed E-state index contributed by atoms with van der Waals surface area (Å²) in [5.41, 5.74) is 10.6. The molecule has 0 aliphatic heterocycles. The van der Waals surface area contributed by atoms with Gasteiger partial charge in [-0.15, -0.1) is 0 Å². The summed E-state index contributed by atoms with van der Waals surface area (Å²) in [5, 5.41) is 0. The quantitative estimate of drug-likeness (QED) is 0.843. The average Bonchev–Trinajstić information content (AvgIpc) is 2.46. The lowest BCUT2D eigenvalue weighted by Crippen LogP contribution is -2.33. The molecule has 1 heteroatoms. The van der Waals surface area contributed by atoms with Crippen molar-refractivity contribution in [3.8, 4) is 0 Å². The van der Waals surface area contributed by atoms with Crippen LogP contribution in [0.5, 0.6) is 0 Å². The second kappa shape index (κ2) is 5.65. The minimum absolute atomic E-state index is 0.0138. The van der Waals surface area contributed by atoms with Gasteiger partial charge in [0, 0.05) is 11.5 Å². The maximum Gasteiger partial charge on any atom is 0.0387 e. The van der Waals surface area contributed by atoms with Crippen molar-refractivity contribution in [1.29, 1.82) is 0 Å². The fourth-order valence-electron chi connectivity index (χ4n) is 3.21. The number of nitrogens with two attached hydrogens (primary N) is 1. The zero-order valence-corrected chi connectivity index (χ0v) is 13.0. The van der Waals surface area contributed by atoms with Crippen molar-refractivity contribution >= 4 is 0 Å². The van der Waals surface area contributed by atoms with Gasteiger partial charge in [0.1, 0.15) is 0 Å². The standard InChI is InChI=1S/C20H25N/c1-20(2,18-12-4-3-5-13-18)19(21)17-11-7-10-16(14-17)15-8-6-9-15/h3-5,7,10-15,19H,6,8-9,21H2,1-2H3. The molecule has 0 saturated heterocycles. The van der Waals surface area contributed by atoms with Crippen LogP contribution in [-0.4, -0.2) is 0 Å². The SMILES string of the molecule is CC(C)(c1ccccc1)C(N)c1cccc(C2CCC2)c1. The first-order valence-electron chi connectivity index (χ1n) is 8.00. The van der Waals surface area contributed by atoms with Crippen LogP contribution in [0.2, 0.25) is 0 Å². The van der Waals surface area contributed by atoms with Gasteiger partial charge in [0.25, 0.3) is 0 Å². The van der Waals surface area contributed by atoms with E-state index in [1.165, 1.54) is 36.0 Å². The molecule has 1 fully saturated rings. The molecule has 0 radical (unpaired) electrons. The zero-order chi connectivity index (χ0) is 14.9. The highest BCUT2D eigenvalue weighted by Gasteiger charge is 2.30. The van der Waals surface area contributed by atoms with E-state index in [9.17, 15) is 0 Å². The molecule has 1 saturated carbocycles. The fraction of sp³-hybridized carbons (Fsp3) is 0.400. The Labute approximate surface area is 128 Å². The van der Waals surface area contributed by atoms with Gasteiger partial charge in [0.05, 0.1) is 0 Å². The van der Waals surface area contributed by atoms with Gasteiger partial charge in [0.15, 0.2) is 0 Å². The van der Waals surface area contributed by atoms with Gasteiger partial charge in [-0.25, -0.2) is 0 Å². The smallest absolute Gasteiger partial charge is 0.0387 e. The molecule has 0 spiro atoms. The monoisotopic (exact) mass is 279 g/mol. The average molecular weight is 279 g/mol. The minimum Gasteiger partial charge on any atom is -0.323 e. The lowest BCUT2D eigenvalue weighted by atomic mass is 9.74. The van der Waals surface area contributed by atoms with Gasteiger partial charge in [-0.05, 0) is 35.4 Å². The molecular formula is C20H25N. The molecule has 21 heavy (non-hydrogen) atoms. The molecule has 1 unspecified atom stereocenters. The van der Waals surface area contributed by atoms with E-state index in [-0.39, 0.29) is 11.5 Å². The topological polar surface area (TPSA) is 26.0 Å². The second-order valence-electron chi connectivity index (χ2n) is 6.86. The van der Waals surface area contributed by atoms with Gasteiger partial charge in [-0.1, -0.05) is 74.9 Å². The van der Waals surface area contributed by atoms with E-state index in [4.69, 9.17) is 5.73 Å². The molecule has 1 aliphatic carbocycles. The van der Waals surface area contributed by atoms with E-state index in [0.717, 1.165) is 5.92 Å². The molecular weight excluding hydrogens is 254 g/mol. The summed E-state index contributed by atoms with van der Waals surface area (Å²) in [6.07, 6.45) is 4.04. The summed E-state index contributed by atoms with van der Waals surface area (Å²) in [6, 6.07) is 19.5. The Kier molecular flexibility index (Phi) is 3.86. The minimum atomic E-state index is -0.0699. The Morgan fingerprint density at radius 3 is 2.33 bits per heavy atom. The molecule has 2 N–H and O–H groups in total. The third-order valence-electron chi connectivity index (χ3n) is 5.14. The molecule has 0 amide bonds. The molecule has 110 valence electrons. The van der Waals surface area contributed by atoms with Crippen LogP contribution in [0.25, 0.3) is 0 Å².